The van der Waals surface area contributed by atoms with Gasteiger partial charge in [-0.1, -0.05) is 13.8 Å². The fraction of sp³-hybridized carbons (Fsp3) is 0.667. The summed E-state index contributed by atoms with van der Waals surface area (Å²) < 4.78 is 0. The first-order valence-corrected chi connectivity index (χ1v) is 11.3. The van der Waals surface area contributed by atoms with E-state index in [1.54, 1.807) is 13.8 Å². The summed E-state index contributed by atoms with van der Waals surface area (Å²) in [6, 6.07) is -7.60. The van der Waals surface area contributed by atoms with Gasteiger partial charge < -0.3 is 47.4 Å². The molecular weight excluding hydrogens is 498 g/mol. The first kappa shape index (κ1) is 33.2. The van der Waals surface area contributed by atoms with E-state index in [1.165, 1.54) is 6.92 Å². The lowest BCUT2D eigenvalue weighted by Gasteiger charge is -2.26. The summed E-state index contributed by atoms with van der Waals surface area (Å²) >= 11 is 0. The van der Waals surface area contributed by atoms with Crippen LogP contribution in [0.25, 0.3) is 0 Å². The maximum absolute atomic E-state index is 12.7. The highest BCUT2D eigenvalue weighted by molar-refractivity contribution is 5.96. The number of carboxylic acid groups (broad SMARTS) is 3. The lowest BCUT2D eigenvalue weighted by Crippen LogP contribution is -2.60. The molecule has 0 radical (unpaired) electrons. The number of carboxylic acids is 3. The van der Waals surface area contributed by atoms with Crippen LogP contribution in [0.1, 0.15) is 47.0 Å². The van der Waals surface area contributed by atoms with E-state index in [2.05, 4.69) is 21.3 Å². The van der Waals surface area contributed by atoms with E-state index in [4.69, 9.17) is 15.9 Å². The van der Waals surface area contributed by atoms with Crippen molar-refractivity contribution >= 4 is 41.5 Å². The van der Waals surface area contributed by atoms with Crippen molar-refractivity contribution in [2.24, 2.45) is 11.7 Å². The van der Waals surface area contributed by atoms with E-state index >= 15 is 0 Å². The lowest BCUT2D eigenvalue weighted by molar-refractivity contribution is -0.144. The van der Waals surface area contributed by atoms with Gasteiger partial charge in [-0.05, 0) is 26.2 Å². The smallest absolute Gasteiger partial charge is 0.326 e. The summed E-state index contributed by atoms with van der Waals surface area (Å²) in [6.07, 6.45) is -3.16. The molecular formula is C21H35N5O11. The number of aliphatic hydroxyl groups is 1. The van der Waals surface area contributed by atoms with Crippen molar-refractivity contribution in [3.05, 3.63) is 0 Å². The molecule has 0 aromatic heterocycles. The molecule has 4 amide bonds. The number of nitrogens with one attached hydrogen (secondary N) is 4. The summed E-state index contributed by atoms with van der Waals surface area (Å²) in [5, 5.41) is 45.6. The van der Waals surface area contributed by atoms with Crippen molar-refractivity contribution in [1.29, 1.82) is 0 Å². The zero-order valence-corrected chi connectivity index (χ0v) is 20.9. The van der Waals surface area contributed by atoms with Crippen molar-refractivity contribution in [3.8, 4) is 0 Å². The van der Waals surface area contributed by atoms with E-state index < -0.39 is 90.7 Å². The van der Waals surface area contributed by atoms with E-state index in [0.29, 0.717) is 0 Å². The molecule has 0 aromatic carbocycles. The van der Waals surface area contributed by atoms with Crippen LogP contribution in [0.2, 0.25) is 0 Å². The Balaban J connectivity index is 5.47. The third-order valence-corrected chi connectivity index (χ3v) is 4.88. The molecule has 210 valence electrons. The van der Waals surface area contributed by atoms with Gasteiger partial charge in [-0.3, -0.25) is 28.8 Å². The molecule has 0 aliphatic heterocycles. The second kappa shape index (κ2) is 15.4. The number of carbonyl (C=O) groups is 7. The molecule has 0 rings (SSSR count). The van der Waals surface area contributed by atoms with Crippen molar-refractivity contribution in [1.82, 2.24) is 21.3 Å². The Labute approximate surface area is 212 Å². The number of amides is 4. The molecule has 0 saturated heterocycles. The number of hydrogen-bond acceptors (Lipinski definition) is 9. The zero-order chi connectivity index (χ0) is 29.0. The van der Waals surface area contributed by atoms with Gasteiger partial charge in [-0.2, -0.15) is 0 Å². The highest BCUT2D eigenvalue weighted by Crippen LogP contribution is 2.07. The largest absolute Gasteiger partial charge is 0.481 e. The molecule has 0 spiro atoms. The summed E-state index contributed by atoms with van der Waals surface area (Å²) in [5.74, 6) is -8.56. The molecule has 16 nitrogen and oxygen atoms in total. The van der Waals surface area contributed by atoms with Gasteiger partial charge in [0.2, 0.25) is 23.6 Å². The molecule has 16 heteroatoms. The van der Waals surface area contributed by atoms with Crippen LogP contribution >= 0.6 is 0 Å². The number of aliphatic carboxylic acids is 3. The number of nitrogens with two attached hydrogens (primary N) is 1. The molecule has 37 heavy (non-hydrogen) atoms. The maximum Gasteiger partial charge on any atom is 0.326 e. The minimum Gasteiger partial charge on any atom is -0.481 e. The Bertz CT molecular complexity index is 877. The van der Waals surface area contributed by atoms with Crippen LogP contribution in [0.5, 0.6) is 0 Å². The van der Waals surface area contributed by atoms with Crippen LogP contribution < -0.4 is 27.0 Å². The van der Waals surface area contributed by atoms with Gasteiger partial charge >= 0.3 is 17.9 Å². The van der Waals surface area contributed by atoms with Crippen molar-refractivity contribution < 1.29 is 54.0 Å². The average molecular weight is 534 g/mol. The second-order valence-corrected chi connectivity index (χ2v) is 8.85. The fourth-order valence-electron chi connectivity index (χ4n) is 2.96. The van der Waals surface area contributed by atoms with Gasteiger partial charge in [0.1, 0.15) is 24.2 Å². The molecule has 10 N–H and O–H groups in total. The van der Waals surface area contributed by atoms with Crippen LogP contribution in [0, 0.1) is 5.92 Å². The van der Waals surface area contributed by atoms with Crippen LogP contribution in [0.4, 0.5) is 0 Å². The minimum atomic E-state index is -1.75. The average Bonchev–Trinajstić information content (AvgIpc) is 2.74. The summed E-state index contributed by atoms with van der Waals surface area (Å²) in [6.45, 7) is 5.72. The second-order valence-electron chi connectivity index (χ2n) is 8.85. The molecule has 0 unspecified atom stereocenters. The van der Waals surface area contributed by atoms with Crippen LogP contribution in [-0.4, -0.2) is 98.3 Å². The van der Waals surface area contributed by atoms with Crippen molar-refractivity contribution in [2.45, 2.75) is 83.3 Å². The molecule has 0 aliphatic carbocycles. The van der Waals surface area contributed by atoms with Gasteiger partial charge in [0.15, 0.2) is 0 Å². The highest BCUT2D eigenvalue weighted by Gasteiger charge is 2.34. The van der Waals surface area contributed by atoms with Gasteiger partial charge in [0.25, 0.3) is 0 Å². The number of aliphatic hydroxyl groups excluding tert-OH is 1. The van der Waals surface area contributed by atoms with Crippen LogP contribution in [-0.2, 0) is 33.6 Å². The molecule has 0 aliphatic rings. The third kappa shape index (κ3) is 12.6. The number of carbonyl (C=O) groups excluding carboxylic acids is 4. The van der Waals surface area contributed by atoms with Crippen molar-refractivity contribution in [3.63, 3.8) is 0 Å². The summed E-state index contributed by atoms with van der Waals surface area (Å²) in [4.78, 5) is 83.0. The Morgan fingerprint density at radius 3 is 1.62 bits per heavy atom. The van der Waals surface area contributed by atoms with E-state index in [-0.39, 0.29) is 12.3 Å². The van der Waals surface area contributed by atoms with Crippen LogP contribution in [0.15, 0.2) is 0 Å². The zero-order valence-electron chi connectivity index (χ0n) is 20.9. The lowest BCUT2D eigenvalue weighted by atomic mass is 10.0. The monoisotopic (exact) mass is 533 g/mol. The van der Waals surface area contributed by atoms with Gasteiger partial charge in [0.05, 0.1) is 25.0 Å². The SMILES string of the molecule is CC(C)C[C@H](NC(=O)[C@H](CC(=O)O)NC(=O)[C@@H](NC(=O)[C@H](C)NC(=O)[C@@H](N)CC(=O)O)[C@@H](C)O)C(=O)O. The Kier molecular flexibility index (Phi) is 13.8. The summed E-state index contributed by atoms with van der Waals surface area (Å²) in [5.41, 5.74) is 5.42. The highest BCUT2D eigenvalue weighted by atomic mass is 16.4. The van der Waals surface area contributed by atoms with Crippen LogP contribution in [0.3, 0.4) is 0 Å². The molecule has 0 heterocycles. The predicted octanol–water partition coefficient (Wildman–Crippen LogP) is -3.27. The van der Waals surface area contributed by atoms with E-state index in [0.717, 1.165) is 6.92 Å². The predicted molar refractivity (Wildman–Crippen MR) is 125 cm³/mol. The van der Waals surface area contributed by atoms with Gasteiger partial charge in [0, 0.05) is 0 Å². The third-order valence-electron chi connectivity index (χ3n) is 4.88. The molecule has 0 aromatic rings. The Morgan fingerprint density at radius 2 is 1.19 bits per heavy atom. The number of hydrogen-bond donors (Lipinski definition) is 9. The molecule has 0 fully saturated rings. The van der Waals surface area contributed by atoms with Gasteiger partial charge in [-0.25, -0.2) is 4.79 Å². The van der Waals surface area contributed by atoms with E-state index in [9.17, 15) is 43.8 Å². The summed E-state index contributed by atoms with van der Waals surface area (Å²) in [7, 11) is 0. The fourth-order valence-corrected chi connectivity index (χ4v) is 2.96. The molecule has 0 bridgehead atoms. The number of rotatable bonds is 16. The molecule has 0 saturated carbocycles. The Morgan fingerprint density at radius 1 is 0.676 bits per heavy atom. The standard InChI is InChI=1S/C21H35N5O11/c1-8(2)5-13(21(36)37)25-19(34)12(7-15(30)31)24-20(35)16(10(4)27)26-17(32)9(3)23-18(33)11(22)6-14(28)29/h8-13,16,27H,5-7,22H2,1-4H3,(H,23,33)(H,24,35)(H,25,34)(H,26,32)(H,28,29)(H,30,31)(H,36,37)/t9-,10+,11-,12-,13-,16-/m0/s1. The topological polar surface area (TPSA) is 275 Å². The first-order chi connectivity index (χ1) is 17.0. The quantitative estimate of drug-likeness (QED) is 0.0945. The first-order valence-electron chi connectivity index (χ1n) is 11.3. The minimum absolute atomic E-state index is 0.0287. The van der Waals surface area contributed by atoms with Gasteiger partial charge in [-0.15, -0.1) is 0 Å². The normalized spacial score (nSPS) is 15.8. The Hall–Kier alpha value is -3.79. The van der Waals surface area contributed by atoms with Crippen molar-refractivity contribution in [2.75, 3.05) is 0 Å². The molecule has 6 atom stereocenters. The van der Waals surface area contributed by atoms with E-state index in [1.807, 2.05) is 0 Å². The maximum atomic E-state index is 12.7.